The Bertz CT molecular complexity index is 322. The van der Waals surface area contributed by atoms with Crippen LogP contribution in [0.4, 0.5) is 8.78 Å². The van der Waals surface area contributed by atoms with Gasteiger partial charge >= 0.3 is 0 Å². The van der Waals surface area contributed by atoms with E-state index in [1.165, 1.54) is 12.3 Å². The van der Waals surface area contributed by atoms with E-state index in [9.17, 15) is 8.78 Å². The number of hydrogen-bond donors (Lipinski definition) is 0. The third-order valence-corrected chi connectivity index (χ3v) is 2.31. The van der Waals surface area contributed by atoms with Gasteiger partial charge in [-0.2, -0.15) is 0 Å². The zero-order chi connectivity index (χ0) is 9.47. The molecule has 1 aliphatic rings. The molecule has 0 radical (unpaired) electrons. The van der Waals surface area contributed by atoms with Crippen LogP contribution >= 0.6 is 11.6 Å². The molecule has 1 saturated carbocycles. The smallest absolute Gasteiger partial charge is 0.241 e. The fourth-order valence-corrected chi connectivity index (χ4v) is 1.53. The van der Waals surface area contributed by atoms with E-state index < -0.39 is 5.92 Å². The van der Waals surface area contributed by atoms with Crippen LogP contribution in [0.1, 0.15) is 24.6 Å². The first kappa shape index (κ1) is 8.81. The molecule has 0 aliphatic heterocycles. The Morgan fingerprint density at radius 2 is 2.15 bits per heavy atom. The van der Waals surface area contributed by atoms with Gasteiger partial charge in [0.2, 0.25) is 5.92 Å². The van der Waals surface area contributed by atoms with Crippen molar-refractivity contribution in [3.05, 3.63) is 23.2 Å². The number of hydrogen-bond acceptors (Lipinski definition) is 2. The van der Waals surface area contributed by atoms with E-state index in [4.69, 9.17) is 11.6 Å². The Labute approximate surface area is 79.0 Å². The van der Waals surface area contributed by atoms with Crippen molar-refractivity contribution in [1.29, 1.82) is 0 Å². The Hall–Kier alpha value is -0.770. The first-order chi connectivity index (χ1) is 6.07. The fourth-order valence-electron chi connectivity index (χ4n) is 1.39. The van der Waals surface area contributed by atoms with Crippen molar-refractivity contribution in [2.45, 2.75) is 24.7 Å². The molecular formula is C8H7ClF2N2. The van der Waals surface area contributed by atoms with Crippen molar-refractivity contribution in [2.24, 2.45) is 0 Å². The molecule has 0 unspecified atom stereocenters. The van der Waals surface area contributed by atoms with Crippen molar-refractivity contribution < 1.29 is 8.78 Å². The molecule has 1 fully saturated rings. The molecule has 0 saturated heterocycles. The zero-order valence-corrected chi connectivity index (χ0v) is 7.43. The average Bonchev–Trinajstić information content (AvgIpc) is 2.00. The molecule has 70 valence electrons. The molecule has 1 aliphatic carbocycles. The van der Waals surface area contributed by atoms with Crippen molar-refractivity contribution in [2.75, 3.05) is 0 Å². The summed E-state index contributed by atoms with van der Waals surface area (Å²) in [6.07, 6.45) is 1.17. The van der Waals surface area contributed by atoms with Gasteiger partial charge in [0.15, 0.2) is 0 Å². The lowest BCUT2D eigenvalue weighted by molar-refractivity contribution is -0.0885. The molecule has 1 aromatic heterocycles. The van der Waals surface area contributed by atoms with Crippen LogP contribution in [0.25, 0.3) is 0 Å². The number of rotatable bonds is 1. The Morgan fingerprint density at radius 3 is 2.69 bits per heavy atom. The molecule has 0 atom stereocenters. The minimum absolute atomic E-state index is 0.159. The van der Waals surface area contributed by atoms with Crippen molar-refractivity contribution in [3.8, 4) is 0 Å². The lowest BCUT2D eigenvalue weighted by atomic mass is 9.81. The molecule has 0 spiro atoms. The van der Waals surface area contributed by atoms with E-state index in [-0.39, 0.29) is 18.8 Å². The summed E-state index contributed by atoms with van der Waals surface area (Å²) in [5, 5.41) is 0.306. The molecule has 0 amide bonds. The lowest BCUT2D eigenvalue weighted by Gasteiger charge is -2.33. The summed E-state index contributed by atoms with van der Waals surface area (Å²) in [6.45, 7) is 0. The predicted molar refractivity (Wildman–Crippen MR) is 44.0 cm³/mol. The number of alkyl halides is 2. The summed E-state index contributed by atoms with van der Waals surface area (Å²) >= 11 is 5.60. The van der Waals surface area contributed by atoms with Gasteiger partial charge in [0.25, 0.3) is 0 Å². The Kier molecular flexibility index (Phi) is 1.95. The quantitative estimate of drug-likeness (QED) is 0.658. The molecular weight excluding hydrogens is 198 g/mol. The largest absolute Gasteiger partial charge is 0.249 e. The average molecular weight is 205 g/mol. The van der Waals surface area contributed by atoms with Gasteiger partial charge in [0.05, 0.1) is 0 Å². The highest BCUT2D eigenvalue weighted by atomic mass is 35.5. The first-order valence-corrected chi connectivity index (χ1v) is 4.31. The van der Waals surface area contributed by atoms with Gasteiger partial charge in [-0.1, -0.05) is 11.6 Å². The van der Waals surface area contributed by atoms with Crippen LogP contribution in [0.2, 0.25) is 5.15 Å². The van der Waals surface area contributed by atoms with E-state index in [0.29, 0.717) is 11.0 Å². The van der Waals surface area contributed by atoms with Gasteiger partial charge < -0.3 is 0 Å². The molecule has 0 bridgehead atoms. The maximum atomic E-state index is 12.5. The van der Waals surface area contributed by atoms with Crippen LogP contribution in [0, 0.1) is 0 Å². The summed E-state index contributed by atoms with van der Waals surface area (Å²) in [6, 6.07) is 1.53. The summed E-state index contributed by atoms with van der Waals surface area (Å²) in [7, 11) is 0. The van der Waals surface area contributed by atoms with E-state index in [1.54, 1.807) is 0 Å². The van der Waals surface area contributed by atoms with Crippen LogP contribution in [0.3, 0.4) is 0 Å². The minimum Gasteiger partial charge on any atom is -0.241 e. The number of aromatic nitrogens is 2. The second-order valence-corrected chi connectivity index (χ2v) is 3.59. The Balaban J connectivity index is 2.11. The van der Waals surface area contributed by atoms with E-state index in [2.05, 4.69) is 9.97 Å². The second-order valence-electron chi connectivity index (χ2n) is 3.20. The topological polar surface area (TPSA) is 25.8 Å². The summed E-state index contributed by atoms with van der Waals surface area (Å²) in [5.41, 5.74) is 0. The molecule has 2 nitrogen and oxygen atoms in total. The van der Waals surface area contributed by atoms with Gasteiger partial charge in [0.1, 0.15) is 11.0 Å². The van der Waals surface area contributed by atoms with Gasteiger partial charge in [-0.15, -0.1) is 0 Å². The minimum atomic E-state index is -2.53. The van der Waals surface area contributed by atoms with Crippen molar-refractivity contribution in [1.82, 2.24) is 9.97 Å². The second kappa shape index (κ2) is 2.87. The molecule has 1 aromatic rings. The number of halogens is 3. The molecule has 2 rings (SSSR count). The standard InChI is InChI=1S/C8H7ClF2N2/c9-6-1-2-12-7(13-6)5-3-8(10,11)4-5/h1-2,5H,3-4H2. The van der Waals surface area contributed by atoms with Gasteiger partial charge in [-0.05, 0) is 6.07 Å². The van der Waals surface area contributed by atoms with Crippen molar-refractivity contribution in [3.63, 3.8) is 0 Å². The van der Waals surface area contributed by atoms with E-state index in [1.807, 2.05) is 0 Å². The molecule has 0 N–H and O–H groups in total. The third kappa shape index (κ3) is 1.77. The van der Waals surface area contributed by atoms with E-state index in [0.717, 1.165) is 0 Å². The monoisotopic (exact) mass is 204 g/mol. The molecule has 13 heavy (non-hydrogen) atoms. The maximum Gasteiger partial charge on any atom is 0.249 e. The predicted octanol–water partition coefficient (Wildman–Crippen LogP) is 2.64. The lowest BCUT2D eigenvalue weighted by Crippen LogP contribution is -2.34. The molecule has 5 heteroatoms. The van der Waals surface area contributed by atoms with E-state index >= 15 is 0 Å². The summed E-state index contributed by atoms with van der Waals surface area (Å²) < 4.78 is 25.0. The van der Waals surface area contributed by atoms with Gasteiger partial charge in [0, 0.05) is 25.0 Å². The van der Waals surface area contributed by atoms with Gasteiger partial charge in [-0.3, -0.25) is 0 Å². The van der Waals surface area contributed by atoms with Crippen LogP contribution in [-0.4, -0.2) is 15.9 Å². The zero-order valence-electron chi connectivity index (χ0n) is 6.67. The van der Waals surface area contributed by atoms with Crippen LogP contribution in [0.5, 0.6) is 0 Å². The maximum absolute atomic E-state index is 12.5. The fraction of sp³-hybridized carbons (Fsp3) is 0.500. The Morgan fingerprint density at radius 1 is 1.46 bits per heavy atom. The third-order valence-electron chi connectivity index (χ3n) is 2.10. The van der Waals surface area contributed by atoms with Crippen LogP contribution < -0.4 is 0 Å². The summed E-state index contributed by atoms with van der Waals surface area (Å²) in [4.78, 5) is 7.78. The SMILES string of the molecule is FC1(F)CC(c2nccc(Cl)n2)C1. The van der Waals surface area contributed by atoms with Crippen molar-refractivity contribution >= 4 is 11.6 Å². The first-order valence-electron chi connectivity index (χ1n) is 3.93. The highest BCUT2D eigenvalue weighted by Crippen LogP contribution is 2.47. The highest BCUT2D eigenvalue weighted by Gasteiger charge is 2.47. The highest BCUT2D eigenvalue weighted by molar-refractivity contribution is 6.29. The van der Waals surface area contributed by atoms with Crippen LogP contribution in [0.15, 0.2) is 12.3 Å². The molecule has 1 heterocycles. The summed E-state index contributed by atoms with van der Waals surface area (Å²) in [5.74, 6) is -2.33. The van der Waals surface area contributed by atoms with Gasteiger partial charge in [-0.25, -0.2) is 18.7 Å². The molecule has 0 aromatic carbocycles. The van der Waals surface area contributed by atoms with Crippen LogP contribution in [-0.2, 0) is 0 Å². The normalized spacial score (nSPS) is 21.2. The number of nitrogens with zero attached hydrogens (tertiary/aromatic N) is 2.